The van der Waals surface area contributed by atoms with Crippen molar-refractivity contribution < 1.29 is 9.13 Å². The summed E-state index contributed by atoms with van der Waals surface area (Å²) in [6.07, 6.45) is 2.67. The molecular formula is C13H15ClFNO. The van der Waals surface area contributed by atoms with E-state index in [2.05, 4.69) is 11.9 Å². The lowest BCUT2D eigenvalue weighted by molar-refractivity contribution is 0.356. The van der Waals surface area contributed by atoms with E-state index < -0.39 is 5.82 Å². The second kappa shape index (κ2) is 5.07. The number of hydrogen-bond donors (Lipinski definition) is 1. The summed E-state index contributed by atoms with van der Waals surface area (Å²) in [7, 11) is 1.92. The summed E-state index contributed by atoms with van der Waals surface area (Å²) >= 11 is 5.81. The zero-order valence-corrected chi connectivity index (χ0v) is 10.4. The minimum Gasteiger partial charge on any atom is -0.489 e. The van der Waals surface area contributed by atoms with Crippen LogP contribution in [-0.4, -0.2) is 19.7 Å². The van der Waals surface area contributed by atoms with Crippen LogP contribution in [0.1, 0.15) is 17.9 Å². The fourth-order valence-electron chi connectivity index (χ4n) is 1.97. The molecule has 0 bridgehead atoms. The van der Waals surface area contributed by atoms with Gasteiger partial charge in [0, 0.05) is 23.6 Å². The average Bonchev–Trinajstić information content (AvgIpc) is 3.09. The summed E-state index contributed by atoms with van der Waals surface area (Å²) in [5.74, 6) is 0.476. The van der Waals surface area contributed by atoms with Gasteiger partial charge < -0.3 is 10.1 Å². The van der Waals surface area contributed by atoms with E-state index >= 15 is 0 Å². The average molecular weight is 256 g/mol. The van der Waals surface area contributed by atoms with Crippen molar-refractivity contribution in [3.8, 4) is 5.75 Å². The van der Waals surface area contributed by atoms with Crippen LogP contribution in [-0.2, 0) is 0 Å². The van der Waals surface area contributed by atoms with E-state index in [1.807, 2.05) is 7.05 Å². The Labute approximate surface area is 105 Å². The van der Waals surface area contributed by atoms with Gasteiger partial charge >= 0.3 is 0 Å². The van der Waals surface area contributed by atoms with Gasteiger partial charge in [0.15, 0.2) is 0 Å². The summed E-state index contributed by atoms with van der Waals surface area (Å²) in [6.45, 7) is 3.95. The van der Waals surface area contributed by atoms with Crippen LogP contribution in [0.15, 0.2) is 24.8 Å². The molecule has 92 valence electrons. The van der Waals surface area contributed by atoms with E-state index in [9.17, 15) is 4.39 Å². The van der Waals surface area contributed by atoms with Gasteiger partial charge in [-0.25, -0.2) is 4.39 Å². The monoisotopic (exact) mass is 255 g/mol. The number of rotatable bonds is 5. The molecule has 1 saturated carbocycles. The SMILES string of the molecule is C=CCOc1cc(F)c(Cl)cc1C1CC1NC. The van der Waals surface area contributed by atoms with Gasteiger partial charge in [-0.1, -0.05) is 24.3 Å². The summed E-state index contributed by atoms with van der Waals surface area (Å²) in [4.78, 5) is 0. The second-order valence-electron chi connectivity index (χ2n) is 4.14. The third kappa shape index (κ3) is 2.61. The minimum absolute atomic E-state index is 0.146. The molecule has 1 N–H and O–H groups in total. The van der Waals surface area contributed by atoms with Crippen LogP contribution in [0.25, 0.3) is 0 Å². The Balaban J connectivity index is 2.28. The number of benzene rings is 1. The molecule has 2 nitrogen and oxygen atoms in total. The van der Waals surface area contributed by atoms with Gasteiger partial charge in [0.1, 0.15) is 18.2 Å². The van der Waals surface area contributed by atoms with Crippen LogP contribution >= 0.6 is 11.6 Å². The van der Waals surface area contributed by atoms with Crippen LogP contribution in [0.2, 0.25) is 5.02 Å². The number of ether oxygens (including phenoxy) is 1. The Kier molecular flexibility index (Phi) is 3.69. The van der Waals surface area contributed by atoms with Crippen LogP contribution in [0.3, 0.4) is 0 Å². The molecule has 0 saturated heterocycles. The zero-order valence-electron chi connectivity index (χ0n) is 9.67. The second-order valence-corrected chi connectivity index (χ2v) is 4.55. The lowest BCUT2D eigenvalue weighted by Gasteiger charge is -2.11. The Morgan fingerprint density at radius 3 is 3.00 bits per heavy atom. The van der Waals surface area contributed by atoms with Gasteiger partial charge in [-0.15, -0.1) is 0 Å². The van der Waals surface area contributed by atoms with Crippen LogP contribution in [0.5, 0.6) is 5.75 Å². The zero-order chi connectivity index (χ0) is 12.4. The van der Waals surface area contributed by atoms with E-state index in [0.717, 1.165) is 12.0 Å². The largest absolute Gasteiger partial charge is 0.489 e. The fourth-order valence-corrected chi connectivity index (χ4v) is 2.14. The highest BCUT2D eigenvalue weighted by atomic mass is 35.5. The Bertz CT molecular complexity index is 436. The van der Waals surface area contributed by atoms with E-state index in [1.165, 1.54) is 6.07 Å². The van der Waals surface area contributed by atoms with Crippen molar-refractivity contribution in [2.45, 2.75) is 18.4 Å². The first-order chi connectivity index (χ1) is 8.17. The summed E-state index contributed by atoms with van der Waals surface area (Å²) in [5, 5.41) is 3.34. The van der Waals surface area contributed by atoms with Crippen molar-refractivity contribution in [1.29, 1.82) is 0 Å². The highest BCUT2D eigenvalue weighted by Crippen LogP contribution is 2.45. The number of nitrogens with one attached hydrogen (secondary N) is 1. The normalized spacial score (nSPS) is 22.3. The van der Waals surface area contributed by atoms with Crippen molar-refractivity contribution in [2.24, 2.45) is 0 Å². The van der Waals surface area contributed by atoms with E-state index in [4.69, 9.17) is 16.3 Å². The van der Waals surface area contributed by atoms with Crippen molar-refractivity contribution in [3.63, 3.8) is 0 Å². The fraction of sp³-hybridized carbons (Fsp3) is 0.385. The van der Waals surface area contributed by atoms with Crippen LogP contribution < -0.4 is 10.1 Å². The first kappa shape index (κ1) is 12.4. The maximum atomic E-state index is 13.4. The number of halogens is 2. The molecule has 2 unspecified atom stereocenters. The molecule has 4 heteroatoms. The highest BCUT2D eigenvalue weighted by Gasteiger charge is 2.39. The molecule has 1 aliphatic rings. The number of hydrogen-bond acceptors (Lipinski definition) is 2. The first-order valence-corrected chi connectivity index (χ1v) is 5.95. The molecule has 0 aliphatic heterocycles. The molecule has 1 aliphatic carbocycles. The maximum absolute atomic E-state index is 13.4. The smallest absolute Gasteiger partial charge is 0.145 e. The minimum atomic E-state index is -0.448. The van der Waals surface area contributed by atoms with Gasteiger partial charge in [-0.05, 0) is 19.5 Å². The van der Waals surface area contributed by atoms with Gasteiger partial charge in [-0.2, -0.15) is 0 Å². The summed E-state index contributed by atoms with van der Waals surface area (Å²) in [5.41, 5.74) is 0.970. The standard InChI is InChI=1S/C13H15ClFNO/c1-3-4-17-13-7-11(15)10(14)5-9(13)8-6-12(8)16-2/h3,5,7-8,12,16H,1,4,6H2,2H3. The van der Waals surface area contributed by atoms with Gasteiger partial charge in [0.2, 0.25) is 0 Å². The van der Waals surface area contributed by atoms with Crippen molar-refractivity contribution in [1.82, 2.24) is 5.32 Å². The molecule has 0 spiro atoms. The van der Waals surface area contributed by atoms with Gasteiger partial charge in [0.05, 0.1) is 5.02 Å². The van der Waals surface area contributed by atoms with Crippen molar-refractivity contribution >= 4 is 11.6 Å². The molecule has 0 aromatic heterocycles. The molecule has 0 heterocycles. The first-order valence-electron chi connectivity index (χ1n) is 5.57. The number of likely N-dealkylation sites (N-methyl/N-ethyl adjacent to an activating group) is 1. The molecule has 0 amide bonds. The quantitative estimate of drug-likeness (QED) is 0.817. The maximum Gasteiger partial charge on any atom is 0.145 e. The Hall–Kier alpha value is -1.06. The lowest BCUT2D eigenvalue weighted by atomic mass is 10.1. The van der Waals surface area contributed by atoms with Crippen molar-refractivity contribution in [3.05, 3.63) is 41.2 Å². The summed E-state index contributed by atoms with van der Waals surface area (Å²) < 4.78 is 18.9. The van der Waals surface area contributed by atoms with E-state index in [0.29, 0.717) is 24.3 Å². The van der Waals surface area contributed by atoms with Gasteiger partial charge in [0.25, 0.3) is 0 Å². The molecular weight excluding hydrogens is 241 g/mol. The molecule has 17 heavy (non-hydrogen) atoms. The predicted molar refractivity (Wildman–Crippen MR) is 67.3 cm³/mol. The molecule has 1 aromatic rings. The summed E-state index contributed by atoms with van der Waals surface area (Å²) in [6, 6.07) is 3.45. The molecule has 1 fully saturated rings. The molecule has 0 radical (unpaired) electrons. The lowest BCUT2D eigenvalue weighted by Crippen LogP contribution is -2.10. The Morgan fingerprint density at radius 1 is 1.65 bits per heavy atom. The molecule has 2 atom stereocenters. The molecule has 1 aromatic carbocycles. The van der Waals surface area contributed by atoms with Gasteiger partial charge in [-0.3, -0.25) is 0 Å². The van der Waals surface area contributed by atoms with Crippen LogP contribution in [0.4, 0.5) is 4.39 Å². The predicted octanol–water partition coefficient (Wildman–Crippen LogP) is 3.12. The van der Waals surface area contributed by atoms with E-state index in [1.54, 1.807) is 12.1 Å². The molecule has 2 rings (SSSR count). The van der Waals surface area contributed by atoms with Crippen LogP contribution in [0, 0.1) is 5.82 Å². The topological polar surface area (TPSA) is 21.3 Å². The highest BCUT2D eigenvalue weighted by molar-refractivity contribution is 6.30. The van der Waals surface area contributed by atoms with Crippen molar-refractivity contribution in [2.75, 3.05) is 13.7 Å². The third-order valence-electron chi connectivity index (χ3n) is 2.97. The third-order valence-corrected chi connectivity index (χ3v) is 3.26. The Morgan fingerprint density at radius 2 is 2.41 bits per heavy atom. The van der Waals surface area contributed by atoms with E-state index in [-0.39, 0.29) is 5.02 Å².